The monoisotopic (exact) mass is 228 g/mol. The van der Waals surface area contributed by atoms with Crippen molar-refractivity contribution in [1.29, 1.82) is 0 Å². The lowest BCUT2D eigenvalue weighted by atomic mass is 10.2. The van der Waals surface area contributed by atoms with E-state index in [9.17, 15) is 9.59 Å². The van der Waals surface area contributed by atoms with Crippen molar-refractivity contribution in [3.63, 3.8) is 0 Å². The summed E-state index contributed by atoms with van der Waals surface area (Å²) in [6.45, 7) is 6.62. The third kappa shape index (κ3) is 3.48. The second-order valence-electron chi connectivity index (χ2n) is 5.04. The molecule has 0 spiro atoms. The van der Waals surface area contributed by atoms with Gasteiger partial charge in [0.15, 0.2) is 6.04 Å². The molecule has 2 N–H and O–H groups in total. The fourth-order valence-corrected chi connectivity index (χ4v) is 1.60. The maximum Gasteiger partial charge on any atom is 0.333 e. The quantitative estimate of drug-likeness (QED) is 0.544. The Labute approximate surface area is 95.9 Å². The Morgan fingerprint density at radius 3 is 2.19 bits per heavy atom. The molecule has 92 valence electrons. The van der Waals surface area contributed by atoms with Crippen molar-refractivity contribution in [1.82, 2.24) is 4.90 Å². The topological polar surface area (TPSA) is 72.6 Å². The normalized spacial score (nSPS) is 18.4. The number of hydrogen-bond donors (Lipinski definition) is 1. The van der Waals surface area contributed by atoms with Gasteiger partial charge >= 0.3 is 5.97 Å². The van der Waals surface area contributed by atoms with Gasteiger partial charge in [-0.3, -0.25) is 4.79 Å². The molecule has 0 aliphatic carbocycles. The summed E-state index contributed by atoms with van der Waals surface area (Å²) in [7, 11) is 0. The molecule has 0 aromatic rings. The molecule has 0 radical (unpaired) electrons. The lowest BCUT2D eigenvalue weighted by Gasteiger charge is -2.24. The van der Waals surface area contributed by atoms with Gasteiger partial charge in [0.05, 0.1) is 0 Å². The molecule has 0 bridgehead atoms. The van der Waals surface area contributed by atoms with Crippen molar-refractivity contribution in [3.05, 3.63) is 0 Å². The summed E-state index contributed by atoms with van der Waals surface area (Å²) in [4.78, 5) is 25.0. The van der Waals surface area contributed by atoms with E-state index in [4.69, 9.17) is 10.5 Å². The molecule has 1 rings (SSSR count). The molecule has 1 aliphatic heterocycles. The third-order valence-corrected chi connectivity index (χ3v) is 2.34. The average molecular weight is 228 g/mol. The number of carbonyl (C=O) groups is 2. The molecule has 1 fully saturated rings. The Balaban J connectivity index is 2.52. The van der Waals surface area contributed by atoms with Crippen LogP contribution in [0.4, 0.5) is 0 Å². The molecule has 0 saturated carbocycles. The Kier molecular flexibility index (Phi) is 3.91. The zero-order valence-corrected chi connectivity index (χ0v) is 10.2. The number of esters is 1. The van der Waals surface area contributed by atoms with Gasteiger partial charge in [0.1, 0.15) is 5.60 Å². The van der Waals surface area contributed by atoms with Crippen molar-refractivity contribution < 1.29 is 14.3 Å². The van der Waals surface area contributed by atoms with E-state index in [1.165, 1.54) is 0 Å². The average Bonchev–Trinajstić information content (AvgIpc) is 2.65. The maximum atomic E-state index is 11.8. The van der Waals surface area contributed by atoms with E-state index < -0.39 is 17.6 Å². The van der Waals surface area contributed by atoms with Crippen molar-refractivity contribution in [3.8, 4) is 0 Å². The minimum atomic E-state index is -1.18. The summed E-state index contributed by atoms with van der Waals surface area (Å²) in [6.07, 6.45) is 1.96. The van der Waals surface area contributed by atoms with Gasteiger partial charge in [0.25, 0.3) is 5.91 Å². The Morgan fingerprint density at radius 2 is 1.75 bits per heavy atom. The standard InChI is InChI=1S/C11H20N2O3/c1-11(2,3)16-10(15)8(12)9(14)13-6-4-5-7-13/h8H,4-7,12H2,1-3H3. The first kappa shape index (κ1) is 13.0. The number of rotatable bonds is 2. The molecule has 5 heteroatoms. The van der Waals surface area contributed by atoms with Crippen molar-refractivity contribution in [2.75, 3.05) is 13.1 Å². The van der Waals surface area contributed by atoms with Crippen molar-refractivity contribution in [2.24, 2.45) is 5.73 Å². The highest BCUT2D eigenvalue weighted by Gasteiger charge is 2.32. The van der Waals surface area contributed by atoms with Crippen LogP contribution < -0.4 is 5.73 Å². The van der Waals surface area contributed by atoms with Gasteiger partial charge in [-0.2, -0.15) is 0 Å². The number of nitrogens with zero attached hydrogens (tertiary/aromatic N) is 1. The van der Waals surface area contributed by atoms with E-state index in [-0.39, 0.29) is 5.91 Å². The van der Waals surface area contributed by atoms with Crippen molar-refractivity contribution >= 4 is 11.9 Å². The Hall–Kier alpha value is -1.10. The van der Waals surface area contributed by atoms with Crippen LogP contribution >= 0.6 is 0 Å². The van der Waals surface area contributed by atoms with Crippen LogP contribution in [0, 0.1) is 0 Å². The van der Waals surface area contributed by atoms with Crippen LogP contribution in [0.25, 0.3) is 0 Å². The summed E-state index contributed by atoms with van der Waals surface area (Å²) in [5, 5.41) is 0. The zero-order chi connectivity index (χ0) is 12.3. The highest BCUT2D eigenvalue weighted by molar-refractivity contribution is 6.01. The fourth-order valence-electron chi connectivity index (χ4n) is 1.60. The second-order valence-corrected chi connectivity index (χ2v) is 5.04. The fraction of sp³-hybridized carbons (Fsp3) is 0.818. The van der Waals surface area contributed by atoms with E-state index in [1.807, 2.05) is 0 Å². The first-order chi connectivity index (χ1) is 7.31. The van der Waals surface area contributed by atoms with E-state index in [1.54, 1.807) is 25.7 Å². The molecule has 16 heavy (non-hydrogen) atoms. The summed E-state index contributed by atoms with van der Waals surface area (Å²) >= 11 is 0. The molecule has 1 amide bonds. The summed E-state index contributed by atoms with van der Waals surface area (Å²) in [5.74, 6) is -0.976. The highest BCUT2D eigenvalue weighted by Crippen LogP contribution is 2.12. The zero-order valence-electron chi connectivity index (χ0n) is 10.2. The number of hydrogen-bond acceptors (Lipinski definition) is 4. The molecule has 1 saturated heterocycles. The van der Waals surface area contributed by atoms with Gasteiger partial charge in [0.2, 0.25) is 0 Å². The largest absolute Gasteiger partial charge is 0.458 e. The van der Waals surface area contributed by atoms with Gasteiger partial charge in [-0.1, -0.05) is 0 Å². The second kappa shape index (κ2) is 4.82. The predicted molar refractivity (Wildman–Crippen MR) is 59.6 cm³/mol. The number of likely N-dealkylation sites (tertiary alicyclic amines) is 1. The predicted octanol–water partition coefficient (Wildman–Crippen LogP) is 0.278. The number of ether oxygens (including phenoxy) is 1. The molecule has 0 aromatic heterocycles. The molecular formula is C11H20N2O3. The minimum absolute atomic E-state index is 0.327. The summed E-state index contributed by atoms with van der Waals surface area (Å²) < 4.78 is 5.07. The Bertz CT molecular complexity index is 277. The first-order valence-corrected chi connectivity index (χ1v) is 5.58. The molecule has 1 heterocycles. The van der Waals surface area contributed by atoms with Crippen LogP contribution in [-0.2, 0) is 14.3 Å². The van der Waals surface area contributed by atoms with Gasteiger partial charge < -0.3 is 15.4 Å². The third-order valence-electron chi connectivity index (χ3n) is 2.34. The molecule has 5 nitrogen and oxygen atoms in total. The summed E-state index contributed by atoms with van der Waals surface area (Å²) in [5.41, 5.74) is 4.97. The first-order valence-electron chi connectivity index (χ1n) is 5.58. The smallest absolute Gasteiger partial charge is 0.333 e. The molecule has 1 aliphatic rings. The van der Waals surface area contributed by atoms with E-state index in [0.29, 0.717) is 13.1 Å². The van der Waals surface area contributed by atoms with E-state index >= 15 is 0 Å². The van der Waals surface area contributed by atoms with Crippen LogP contribution in [-0.4, -0.2) is 41.5 Å². The van der Waals surface area contributed by atoms with Gasteiger partial charge in [-0.25, -0.2) is 4.79 Å². The van der Waals surface area contributed by atoms with Gasteiger partial charge in [-0.15, -0.1) is 0 Å². The van der Waals surface area contributed by atoms with Crippen molar-refractivity contribution in [2.45, 2.75) is 45.3 Å². The summed E-state index contributed by atoms with van der Waals surface area (Å²) in [6, 6.07) is -1.18. The Morgan fingerprint density at radius 1 is 1.25 bits per heavy atom. The minimum Gasteiger partial charge on any atom is -0.458 e. The molecule has 1 atom stereocenters. The van der Waals surface area contributed by atoms with Crippen LogP contribution in [0.3, 0.4) is 0 Å². The van der Waals surface area contributed by atoms with Crippen LogP contribution in [0.1, 0.15) is 33.6 Å². The lowest BCUT2D eigenvalue weighted by Crippen LogP contribution is -2.49. The number of carbonyl (C=O) groups excluding carboxylic acids is 2. The molecule has 1 unspecified atom stereocenters. The molecule has 0 aromatic carbocycles. The van der Waals surface area contributed by atoms with Gasteiger partial charge in [0, 0.05) is 13.1 Å². The number of nitrogens with two attached hydrogens (primary N) is 1. The van der Waals surface area contributed by atoms with E-state index in [2.05, 4.69) is 0 Å². The SMILES string of the molecule is CC(C)(C)OC(=O)C(N)C(=O)N1CCCC1. The van der Waals surface area contributed by atoms with Gasteiger partial charge in [-0.05, 0) is 33.6 Å². The van der Waals surface area contributed by atoms with E-state index in [0.717, 1.165) is 12.8 Å². The maximum absolute atomic E-state index is 11.8. The highest BCUT2D eigenvalue weighted by atomic mass is 16.6. The van der Waals surface area contributed by atoms with Crippen LogP contribution in [0.5, 0.6) is 0 Å². The lowest BCUT2D eigenvalue weighted by molar-refractivity contribution is -0.160. The van der Waals surface area contributed by atoms with Crippen LogP contribution in [0.15, 0.2) is 0 Å². The molecular weight excluding hydrogens is 208 g/mol. The van der Waals surface area contributed by atoms with Crippen LogP contribution in [0.2, 0.25) is 0 Å². The number of amides is 1.